The molecule has 8 heteroatoms. The van der Waals surface area contributed by atoms with Crippen LogP contribution in [0.4, 0.5) is 4.79 Å². The number of hydrogen-bond donors (Lipinski definition) is 2. The number of aryl methyl sites for hydroxylation is 1. The van der Waals surface area contributed by atoms with Crippen LogP contribution in [0.1, 0.15) is 36.5 Å². The third-order valence-corrected chi connectivity index (χ3v) is 7.32. The third kappa shape index (κ3) is 6.14. The first-order chi connectivity index (χ1) is 17.9. The van der Waals surface area contributed by atoms with Gasteiger partial charge >= 0.3 is 6.09 Å². The standard InChI is InChI=1S/C29H37N3O5/c1-20(33)31-17-24-15-25(26(16-30-2)27(18-31)32(24)29(34)35)22-12-10-21(11-13-22)7-6-14-37-19-23-8-4-5-9-28(23)36-3/h4-5,8-13,24,27,30H,6-7,14-19H2,1-3H3,(H,34,35)/t24-,27-/m1/s1. The number of para-hydroxylation sites is 1. The van der Waals surface area contributed by atoms with Crippen molar-refractivity contribution in [3.05, 3.63) is 70.8 Å². The Morgan fingerprint density at radius 2 is 1.86 bits per heavy atom. The van der Waals surface area contributed by atoms with Crippen LogP contribution >= 0.6 is 0 Å². The molecule has 198 valence electrons. The molecule has 0 saturated carbocycles. The summed E-state index contributed by atoms with van der Waals surface area (Å²) in [5, 5.41) is 13.1. The van der Waals surface area contributed by atoms with Gasteiger partial charge in [-0.25, -0.2) is 4.79 Å². The van der Waals surface area contributed by atoms with Gasteiger partial charge in [-0.2, -0.15) is 0 Å². The van der Waals surface area contributed by atoms with Crippen molar-refractivity contribution in [2.75, 3.05) is 40.4 Å². The Labute approximate surface area is 218 Å². The Kier molecular flexibility index (Phi) is 8.84. The van der Waals surface area contributed by atoms with Crippen LogP contribution in [0.15, 0.2) is 54.1 Å². The van der Waals surface area contributed by atoms with E-state index in [4.69, 9.17) is 9.47 Å². The molecular formula is C29H37N3O5. The molecule has 2 heterocycles. The molecule has 8 nitrogen and oxygen atoms in total. The molecule has 0 aliphatic carbocycles. The monoisotopic (exact) mass is 507 g/mol. The molecule has 2 aromatic carbocycles. The molecule has 37 heavy (non-hydrogen) atoms. The van der Waals surface area contributed by atoms with Crippen LogP contribution in [0, 0.1) is 0 Å². The van der Waals surface area contributed by atoms with Gasteiger partial charge in [0.05, 0.1) is 25.8 Å². The van der Waals surface area contributed by atoms with Crippen LogP contribution in [0.3, 0.4) is 0 Å². The molecule has 2 aromatic rings. The van der Waals surface area contributed by atoms with Crippen molar-refractivity contribution < 1.29 is 24.2 Å². The first-order valence-corrected chi connectivity index (χ1v) is 12.8. The fourth-order valence-electron chi connectivity index (χ4n) is 5.50. The van der Waals surface area contributed by atoms with Crippen molar-refractivity contribution >= 4 is 17.6 Å². The zero-order valence-electron chi connectivity index (χ0n) is 21.9. The maximum Gasteiger partial charge on any atom is 0.408 e. The maximum atomic E-state index is 12.1. The second kappa shape index (κ2) is 12.3. The molecule has 2 aliphatic rings. The van der Waals surface area contributed by atoms with E-state index in [1.54, 1.807) is 23.8 Å². The number of ether oxygens (including phenoxy) is 2. The minimum atomic E-state index is -0.922. The van der Waals surface area contributed by atoms with Gasteiger partial charge in [0.2, 0.25) is 5.91 Å². The topological polar surface area (TPSA) is 91.3 Å². The number of nitrogens with zero attached hydrogens (tertiary/aromatic N) is 2. The van der Waals surface area contributed by atoms with E-state index in [0.717, 1.165) is 35.3 Å². The van der Waals surface area contributed by atoms with E-state index in [1.165, 1.54) is 11.1 Å². The van der Waals surface area contributed by atoms with Gasteiger partial charge in [0.15, 0.2) is 0 Å². The summed E-state index contributed by atoms with van der Waals surface area (Å²) in [6.45, 7) is 4.15. The number of methoxy groups -OCH3 is 1. The van der Waals surface area contributed by atoms with E-state index in [2.05, 4.69) is 29.6 Å². The Hall–Kier alpha value is -3.36. The Balaban J connectivity index is 1.41. The van der Waals surface area contributed by atoms with Gasteiger partial charge in [-0.15, -0.1) is 0 Å². The molecule has 0 unspecified atom stereocenters. The van der Waals surface area contributed by atoms with Crippen LogP contribution in [0.25, 0.3) is 5.57 Å². The number of carbonyl (C=O) groups excluding carboxylic acids is 1. The van der Waals surface area contributed by atoms with Crippen LogP contribution in [-0.4, -0.2) is 79.4 Å². The highest BCUT2D eigenvalue weighted by atomic mass is 16.5. The minimum absolute atomic E-state index is 0.0106. The summed E-state index contributed by atoms with van der Waals surface area (Å²) in [5.41, 5.74) is 5.65. The molecule has 0 spiro atoms. The van der Waals surface area contributed by atoms with E-state index < -0.39 is 6.09 Å². The van der Waals surface area contributed by atoms with Gasteiger partial charge in [0, 0.05) is 38.7 Å². The molecule has 2 aliphatic heterocycles. The molecule has 0 aromatic heterocycles. The number of carboxylic acid groups (broad SMARTS) is 1. The number of likely N-dealkylation sites (N-methyl/N-ethyl adjacent to an activating group) is 1. The highest BCUT2D eigenvalue weighted by Gasteiger charge is 2.44. The van der Waals surface area contributed by atoms with Crippen LogP contribution < -0.4 is 10.1 Å². The Morgan fingerprint density at radius 1 is 1.11 bits per heavy atom. The van der Waals surface area contributed by atoms with Crippen LogP contribution in [-0.2, 0) is 22.6 Å². The Morgan fingerprint density at radius 3 is 2.54 bits per heavy atom. The van der Waals surface area contributed by atoms with Gasteiger partial charge in [-0.05, 0) is 54.6 Å². The quantitative estimate of drug-likeness (QED) is 0.476. The fourth-order valence-corrected chi connectivity index (χ4v) is 5.50. The second-order valence-corrected chi connectivity index (χ2v) is 9.69. The first-order valence-electron chi connectivity index (χ1n) is 12.8. The number of piperazine rings is 1. The molecule has 2 N–H and O–H groups in total. The lowest BCUT2D eigenvalue weighted by molar-refractivity contribution is -0.132. The van der Waals surface area contributed by atoms with Gasteiger partial charge in [-0.3, -0.25) is 9.69 Å². The summed E-state index contributed by atoms with van der Waals surface area (Å²) >= 11 is 0. The molecule has 2 amide bonds. The summed E-state index contributed by atoms with van der Waals surface area (Å²) in [6, 6.07) is 15.9. The van der Waals surface area contributed by atoms with E-state index in [1.807, 2.05) is 31.3 Å². The van der Waals surface area contributed by atoms with E-state index in [9.17, 15) is 14.7 Å². The largest absolute Gasteiger partial charge is 0.496 e. The number of hydrogen-bond acceptors (Lipinski definition) is 5. The number of amides is 2. The maximum absolute atomic E-state index is 12.1. The first kappa shape index (κ1) is 26.7. The third-order valence-electron chi connectivity index (χ3n) is 7.32. The predicted molar refractivity (Wildman–Crippen MR) is 143 cm³/mol. The highest BCUT2D eigenvalue weighted by Crippen LogP contribution is 2.38. The van der Waals surface area contributed by atoms with Crippen molar-refractivity contribution in [2.45, 2.75) is 44.9 Å². The average molecular weight is 508 g/mol. The molecule has 2 atom stereocenters. The zero-order valence-corrected chi connectivity index (χ0v) is 21.9. The van der Waals surface area contributed by atoms with Crippen LogP contribution in [0.5, 0.6) is 5.75 Å². The summed E-state index contributed by atoms with van der Waals surface area (Å²) in [6.07, 6.45) is 1.51. The zero-order chi connectivity index (χ0) is 26.4. The van der Waals surface area contributed by atoms with E-state index >= 15 is 0 Å². The van der Waals surface area contributed by atoms with Gasteiger partial charge in [0.1, 0.15) is 5.75 Å². The second-order valence-electron chi connectivity index (χ2n) is 9.69. The van der Waals surface area contributed by atoms with Gasteiger partial charge < -0.3 is 24.8 Å². The number of nitrogens with one attached hydrogen (secondary N) is 1. The van der Waals surface area contributed by atoms with Gasteiger partial charge in [0.25, 0.3) is 0 Å². The smallest absolute Gasteiger partial charge is 0.408 e. The van der Waals surface area contributed by atoms with Gasteiger partial charge in [-0.1, -0.05) is 42.5 Å². The predicted octanol–water partition coefficient (Wildman–Crippen LogP) is 3.80. The number of rotatable bonds is 10. The lowest BCUT2D eigenvalue weighted by atomic mass is 9.81. The van der Waals surface area contributed by atoms with Crippen molar-refractivity contribution in [3.8, 4) is 5.75 Å². The normalized spacial score (nSPS) is 19.2. The average Bonchev–Trinajstić information content (AvgIpc) is 2.89. The van der Waals surface area contributed by atoms with Crippen LogP contribution in [0.2, 0.25) is 0 Å². The minimum Gasteiger partial charge on any atom is -0.496 e. The van der Waals surface area contributed by atoms with E-state index in [0.29, 0.717) is 39.3 Å². The SMILES string of the molecule is CNCC1=C(c2ccc(CCCOCc3ccccc3OC)cc2)C[C@@H]2CN(C(C)=O)C[C@H]1N2C(=O)O. The molecule has 1 fully saturated rings. The summed E-state index contributed by atoms with van der Waals surface area (Å²) < 4.78 is 11.2. The fraction of sp³-hybridized carbons (Fsp3) is 0.448. The van der Waals surface area contributed by atoms with Crippen molar-refractivity contribution in [2.24, 2.45) is 0 Å². The van der Waals surface area contributed by atoms with E-state index in [-0.39, 0.29) is 18.0 Å². The molecule has 0 radical (unpaired) electrons. The summed E-state index contributed by atoms with van der Waals surface area (Å²) in [5.74, 6) is 0.834. The number of carbonyl (C=O) groups is 2. The lowest BCUT2D eigenvalue weighted by Gasteiger charge is -2.50. The highest BCUT2D eigenvalue weighted by molar-refractivity contribution is 5.79. The van der Waals surface area contributed by atoms with Crippen molar-refractivity contribution in [1.29, 1.82) is 0 Å². The lowest BCUT2D eigenvalue weighted by Crippen LogP contribution is -2.64. The molecule has 2 bridgehead atoms. The molecular weight excluding hydrogens is 470 g/mol. The summed E-state index contributed by atoms with van der Waals surface area (Å²) in [4.78, 5) is 27.5. The molecule has 4 rings (SSSR count). The van der Waals surface area contributed by atoms with Crippen molar-refractivity contribution in [3.63, 3.8) is 0 Å². The number of benzene rings is 2. The summed E-state index contributed by atoms with van der Waals surface area (Å²) in [7, 11) is 3.54. The Bertz CT molecular complexity index is 1130. The number of fused-ring (bicyclic) bond motifs is 2. The molecule has 1 saturated heterocycles. The van der Waals surface area contributed by atoms with Crippen molar-refractivity contribution in [1.82, 2.24) is 15.1 Å².